The van der Waals surface area contributed by atoms with Crippen LogP contribution in [0.2, 0.25) is 0 Å². The Labute approximate surface area is 142 Å². The molecule has 0 saturated heterocycles. The molecule has 0 unspecified atom stereocenters. The number of thiazole rings is 1. The molecule has 3 rings (SSSR count). The number of halogens is 2. The van der Waals surface area contributed by atoms with E-state index in [0.717, 1.165) is 16.6 Å². The lowest BCUT2D eigenvalue weighted by molar-refractivity contribution is 0.0958. The summed E-state index contributed by atoms with van der Waals surface area (Å²) in [6.07, 6.45) is 1.88. The monoisotopic (exact) mass is 344 g/mol. The Kier molecular flexibility index (Phi) is 4.96. The predicted molar refractivity (Wildman–Crippen MR) is 89.9 cm³/mol. The van der Waals surface area contributed by atoms with E-state index in [0.29, 0.717) is 23.4 Å². The van der Waals surface area contributed by atoms with E-state index < -0.39 is 11.6 Å². The maximum atomic E-state index is 13.1. The molecule has 3 aromatic rings. The lowest BCUT2D eigenvalue weighted by Crippen LogP contribution is -2.24. The van der Waals surface area contributed by atoms with Gasteiger partial charge >= 0.3 is 0 Å². The van der Waals surface area contributed by atoms with Crippen molar-refractivity contribution < 1.29 is 13.6 Å². The molecule has 0 spiro atoms. The first kappa shape index (κ1) is 16.3. The highest BCUT2D eigenvalue weighted by Gasteiger charge is 2.11. The Balaban J connectivity index is 1.58. The number of carbonyl (C=O) groups excluding carboxylic acids is 1. The Morgan fingerprint density at radius 2 is 1.79 bits per heavy atom. The van der Waals surface area contributed by atoms with Gasteiger partial charge in [0.05, 0.1) is 6.20 Å². The Morgan fingerprint density at radius 1 is 1.08 bits per heavy atom. The lowest BCUT2D eigenvalue weighted by Gasteiger charge is -2.04. The van der Waals surface area contributed by atoms with Crippen LogP contribution in [0.5, 0.6) is 0 Å². The molecule has 0 bridgehead atoms. The van der Waals surface area contributed by atoms with E-state index in [2.05, 4.69) is 10.3 Å². The quantitative estimate of drug-likeness (QED) is 0.758. The maximum Gasteiger partial charge on any atom is 0.263 e. The molecule has 6 heteroatoms. The van der Waals surface area contributed by atoms with E-state index in [1.54, 1.807) is 0 Å². The van der Waals surface area contributed by atoms with Crippen LogP contribution < -0.4 is 5.32 Å². The average molecular weight is 344 g/mol. The second kappa shape index (κ2) is 7.31. The molecule has 3 nitrogen and oxygen atoms in total. The van der Waals surface area contributed by atoms with Gasteiger partial charge in [-0.05, 0) is 24.1 Å². The fraction of sp³-hybridized carbons (Fsp3) is 0.111. The normalized spacial score (nSPS) is 10.6. The molecule has 0 atom stereocenters. The number of nitrogens with one attached hydrogen (secondary N) is 1. The summed E-state index contributed by atoms with van der Waals surface area (Å²) in [5, 5.41) is 3.51. The van der Waals surface area contributed by atoms with Crippen molar-refractivity contribution >= 4 is 17.2 Å². The first-order chi connectivity index (χ1) is 11.6. The fourth-order valence-corrected chi connectivity index (χ4v) is 3.09. The SMILES string of the molecule is O=C(NCCc1cc(F)cc(F)c1)c1cnc(-c2ccccc2)s1. The van der Waals surface area contributed by atoms with Crippen LogP contribution in [-0.2, 0) is 6.42 Å². The molecule has 0 aliphatic carbocycles. The average Bonchev–Trinajstić information content (AvgIpc) is 3.05. The molecule has 2 aromatic carbocycles. The van der Waals surface area contributed by atoms with Crippen LogP contribution in [0.25, 0.3) is 10.6 Å². The minimum Gasteiger partial charge on any atom is -0.351 e. The van der Waals surface area contributed by atoms with E-state index in [9.17, 15) is 13.6 Å². The van der Waals surface area contributed by atoms with E-state index in [1.165, 1.54) is 29.7 Å². The molecule has 0 radical (unpaired) electrons. The van der Waals surface area contributed by atoms with E-state index in [1.807, 2.05) is 30.3 Å². The number of aromatic nitrogens is 1. The second-order valence-corrected chi connectivity index (χ2v) is 6.21. The van der Waals surface area contributed by atoms with Gasteiger partial charge in [-0.15, -0.1) is 11.3 Å². The third kappa shape index (κ3) is 4.02. The number of amides is 1. The lowest BCUT2D eigenvalue weighted by atomic mass is 10.1. The van der Waals surface area contributed by atoms with Gasteiger partial charge in [-0.25, -0.2) is 13.8 Å². The summed E-state index contributed by atoms with van der Waals surface area (Å²) in [6.45, 7) is 0.292. The van der Waals surface area contributed by atoms with Crippen molar-refractivity contribution in [3.63, 3.8) is 0 Å². The summed E-state index contributed by atoms with van der Waals surface area (Å²) in [5.74, 6) is -1.48. The molecule has 122 valence electrons. The summed E-state index contributed by atoms with van der Waals surface area (Å²) in [4.78, 5) is 16.9. The number of nitrogens with zero attached hydrogens (tertiary/aromatic N) is 1. The van der Waals surface area contributed by atoms with Crippen molar-refractivity contribution in [1.29, 1.82) is 0 Å². The first-order valence-corrected chi connectivity index (χ1v) is 8.18. The largest absolute Gasteiger partial charge is 0.351 e. The van der Waals surface area contributed by atoms with Crippen molar-refractivity contribution in [3.8, 4) is 10.6 Å². The molecule has 24 heavy (non-hydrogen) atoms. The van der Waals surface area contributed by atoms with Crippen molar-refractivity contribution in [2.24, 2.45) is 0 Å². The number of rotatable bonds is 5. The Hall–Kier alpha value is -2.60. The second-order valence-electron chi connectivity index (χ2n) is 5.18. The van der Waals surface area contributed by atoms with E-state index in [-0.39, 0.29) is 5.91 Å². The molecule has 0 aliphatic rings. The van der Waals surface area contributed by atoms with Crippen molar-refractivity contribution in [1.82, 2.24) is 10.3 Å². The zero-order chi connectivity index (χ0) is 16.9. The minimum absolute atomic E-state index is 0.244. The third-order valence-electron chi connectivity index (χ3n) is 3.37. The minimum atomic E-state index is -0.619. The Morgan fingerprint density at radius 3 is 2.50 bits per heavy atom. The summed E-state index contributed by atoms with van der Waals surface area (Å²) >= 11 is 1.30. The highest BCUT2D eigenvalue weighted by atomic mass is 32.1. The van der Waals surface area contributed by atoms with Gasteiger partial charge in [-0.1, -0.05) is 30.3 Å². The predicted octanol–water partition coefficient (Wildman–Crippen LogP) is 4.06. The van der Waals surface area contributed by atoms with Crippen molar-refractivity contribution in [2.45, 2.75) is 6.42 Å². The maximum absolute atomic E-state index is 13.1. The molecular weight excluding hydrogens is 330 g/mol. The summed E-state index contributed by atoms with van der Waals surface area (Å²) in [5.41, 5.74) is 1.46. The van der Waals surface area contributed by atoms with E-state index >= 15 is 0 Å². The molecule has 0 fully saturated rings. The molecule has 1 heterocycles. The third-order valence-corrected chi connectivity index (χ3v) is 4.42. The van der Waals surface area contributed by atoms with Crippen LogP contribution in [0, 0.1) is 11.6 Å². The van der Waals surface area contributed by atoms with Crippen LogP contribution in [0.3, 0.4) is 0 Å². The molecule has 1 N–H and O–H groups in total. The fourth-order valence-electron chi connectivity index (χ4n) is 2.26. The topological polar surface area (TPSA) is 42.0 Å². The smallest absolute Gasteiger partial charge is 0.263 e. The highest BCUT2D eigenvalue weighted by molar-refractivity contribution is 7.16. The molecule has 1 amide bonds. The van der Waals surface area contributed by atoms with Crippen molar-refractivity contribution in [2.75, 3.05) is 6.54 Å². The van der Waals surface area contributed by atoms with Gasteiger partial charge in [0.15, 0.2) is 0 Å². The van der Waals surface area contributed by atoms with Gasteiger partial charge in [0.25, 0.3) is 5.91 Å². The van der Waals surface area contributed by atoms with Crippen LogP contribution >= 0.6 is 11.3 Å². The molecular formula is C18H14F2N2OS. The van der Waals surface area contributed by atoms with Gasteiger partial charge in [0.1, 0.15) is 21.5 Å². The van der Waals surface area contributed by atoms with Crippen LogP contribution in [-0.4, -0.2) is 17.4 Å². The molecule has 1 aromatic heterocycles. The number of benzene rings is 2. The number of hydrogen-bond donors (Lipinski definition) is 1. The van der Waals surface area contributed by atoms with Gasteiger partial charge in [0, 0.05) is 18.2 Å². The van der Waals surface area contributed by atoms with Gasteiger partial charge in [0.2, 0.25) is 0 Å². The zero-order valence-electron chi connectivity index (χ0n) is 12.6. The first-order valence-electron chi connectivity index (χ1n) is 7.36. The van der Waals surface area contributed by atoms with Gasteiger partial charge < -0.3 is 5.32 Å². The van der Waals surface area contributed by atoms with Gasteiger partial charge in [-0.3, -0.25) is 4.79 Å². The molecule has 0 aliphatic heterocycles. The van der Waals surface area contributed by atoms with Crippen LogP contribution in [0.1, 0.15) is 15.2 Å². The zero-order valence-corrected chi connectivity index (χ0v) is 13.4. The summed E-state index contributed by atoms with van der Waals surface area (Å²) in [6, 6.07) is 12.9. The molecule has 0 saturated carbocycles. The summed E-state index contributed by atoms with van der Waals surface area (Å²) in [7, 11) is 0. The number of hydrogen-bond acceptors (Lipinski definition) is 3. The van der Waals surface area contributed by atoms with Crippen LogP contribution in [0.15, 0.2) is 54.7 Å². The standard InChI is InChI=1S/C18H14F2N2OS/c19-14-8-12(9-15(20)10-14)6-7-21-17(23)16-11-22-18(24-16)13-4-2-1-3-5-13/h1-5,8-11H,6-7H2,(H,21,23). The van der Waals surface area contributed by atoms with Crippen molar-refractivity contribution in [3.05, 3.63) is 76.8 Å². The van der Waals surface area contributed by atoms with E-state index in [4.69, 9.17) is 0 Å². The Bertz CT molecular complexity index is 829. The number of carbonyl (C=O) groups is 1. The van der Waals surface area contributed by atoms with Gasteiger partial charge in [-0.2, -0.15) is 0 Å². The highest BCUT2D eigenvalue weighted by Crippen LogP contribution is 2.24. The summed E-state index contributed by atoms with van der Waals surface area (Å²) < 4.78 is 26.2. The van der Waals surface area contributed by atoms with Crippen LogP contribution in [0.4, 0.5) is 8.78 Å².